The number of benzene rings is 3. The van der Waals surface area contributed by atoms with Gasteiger partial charge >= 0.3 is 5.97 Å². The highest BCUT2D eigenvalue weighted by Gasteiger charge is 2.27. The third-order valence-corrected chi connectivity index (χ3v) is 6.98. The Labute approximate surface area is 225 Å². The molecule has 3 aromatic rings. The lowest BCUT2D eigenvalue weighted by molar-refractivity contribution is -0.134. The predicted molar refractivity (Wildman–Crippen MR) is 151 cm³/mol. The summed E-state index contributed by atoms with van der Waals surface area (Å²) in [5.74, 6) is 0.175. The van der Waals surface area contributed by atoms with E-state index in [9.17, 15) is 11.0 Å². The van der Waals surface area contributed by atoms with E-state index in [4.69, 9.17) is 9.47 Å². The van der Waals surface area contributed by atoms with Gasteiger partial charge in [-0.2, -0.15) is 0 Å². The first-order valence-corrected chi connectivity index (χ1v) is 13.0. The van der Waals surface area contributed by atoms with Crippen molar-refractivity contribution in [2.24, 2.45) is 10.9 Å². The van der Waals surface area contributed by atoms with Crippen LogP contribution < -0.4 is 9.64 Å². The van der Waals surface area contributed by atoms with Crippen LogP contribution in [0, 0.1) is 5.92 Å². The Balaban J connectivity index is 1.44. The van der Waals surface area contributed by atoms with Crippen molar-refractivity contribution in [3.8, 4) is 16.9 Å². The van der Waals surface area contributed by atoms with Gasteiger partial charge in [-0.15, -0.1) is 0 Å². The first-order chi connectivity index (χ1) is 19.0. The fraction of sp³-hybridized carbons (Fsp3) is 0.281. The van der Waals surface area contributed by atoms with Crippen LogP contribution in [0.3, 0.4) is 0 Å². The molecule has 1 fully saturated rings. The van der Waals surface area contributed by atoms with Gasteiger partial charge in [-0.05, 0) is 65.4 Å². The van der Waals surface area contributed by atoms with E-state index in [2.05, 4.69) is 4.99 Å². The molecule has 194 valence electrons. The molecule has 1 aliphatic carbocycles. The van der Waals surface area contributed by atoms with Gasteiger partial charge in [-0.3, -0.25) is 9.79 Å². The Bertz CT molecular complexity index is 1390. The maximum atomic E-state index is 13.9. The number of ether oxygens (including phenoxy) is 2. The van der Waals surface area contributed by atoms with Crippen LogP contribution in [0.1, 0.15) is 44.6 Å². The Kier molecular flexibility index (Phi) is 7.57. The standard InChI is InChI=1S/C32H32N2O4/c1-37-31(35)17-12-23-6-5-9-28(20-23)34(32(36)26-7-3-2-4-8-26)22-24-10-13-25(14-11-24)27-15-16-29-30(21-27)38-19-18-33-29/h5-6,9-18,20-21,26H,2-4,7-8,19,22H2,1H3/b17-12+/i22D. The number of rotatable bonds is 7. The zero-order valence-electron chi connectivity index (χ0n) is 22.5. The summed E-state index contributed by atoms with van der Waals surface area (Å²) in [7, 11) is 1.33. The second-order valence-corrected chi connectivity index (χ2v) is 9.55. The summed E-state index contributed by atoms with van der Waals surface area (Å²) in [6, 6.07) is 21.1. The first kappa shape index (κ1) is 24.2. The minimum Gasteiger partial charge on any atom is -0.486 e. The lowest BCUT2D eigenvalue weighted by atomic mass is 9.88. The minimum absolute atomic E-state index is 0.0275. The number of carbonyl (C=O) groups is 2. The van der Waals surface area contributed by atoms with Crippen molar-refractivity contribution in [3.05, 3.63) is 83.9 Å². The van der Waals surface area contributed by atoms with E-state index in [0.29, 0.717) is 12.3 Å². The lowest BCUT2D eigenvalue weighted by Gasteiger charge is -2.30. The molecule has 6 heteroatoms. The summed E-state index contributed by atoms with van der Waals surface area (Å²) >= 11 is 0. The highest BCUT2D eigenvalue weighted by Crippen LogP contribution is 2.35. The second-order valence-electron chi connectivity index (χ2n) is 9.55. The molecule has 0 bridgehead atoms. The SMILES string of the molecule is [2H]C(c1ccc(-c2ccc3c(c2)OCC=N3)cc1)N(C(=O)C1CCCCC1)c1cccc(/C=C/C(=O)OC)c1. The molecule has 1 atom stereocenters. The summed E-state index contributed by atoms with van der Waals surface area (Å²) in [6.07, 6.45) is 9.63. The maximum Gasteiger partial charge on any atom is 0.330 e. The molecule has 0 aromatic heterocycles. The van der Waals surface area contributed by atoms with Gasteiger partial charge < -0.3 is 14.4 Å². The molecule has 0 radical (unpaired) electrons. The van der Waals surface area contributed by atoms with Crippen molar-refractivity contribution < 1.29 is 20.4 Å². The largest absolute Gasteiger partial charge is 0.486 e. The van der Waals surface area contributed by atoms with E-state index < -0.39 is 12.5 Å². The van der Waals surface area contributed by atoms with Crippen LogP contribution in [0.15, 0.2) is 77.8 Å². The van der Waals surface area contributed by atoms with Crippen molar-refractivity contribution in [1.82, 2.24) is 0 Å². The van der Waals surface area contributed by atoms with Gasteiger partial charge in [0.15, 0.2) is 0 Å². The van der Waals surface area contributed by atoms with Crippen LogP contribution in [0.25, 0.3) is 17.2 Å². The predicted octanol–water partition coefficient (Wildman–Crippen LogP) is 6.75. The van der Waals surface area contributed by atoms with Crippen molar-refractivity contribution >= 4 is 35.5 Å². The summed E-state index contributed by atoms with van der Waals surface area (Å²) in [5.41, 5.74) is 4.91. The summed E-state index contributed by atoms with van der Waals surface area (Å²) < 4.78 is 19.6. The van der Waals surface area contributed by atoms with Crippen LogP contribution in [-0.2, 0) is 20.8 Å². The molecule has 38 heavy (non-hydrogen) atoms. The number of hydrogen-bond acceptors (Lipinski definition) is 5. The smallest absolute Gasteiger partial charge is 0.330 e. The van der Waals surface area contributed by atoms with Gasteiger partial charge in [0, 0.05) is 23.9 Å². The van der Waals surface area contributed by atoms with E-state index in [1.807, 2.05) is 66.7 Å². The fourth-order valence-corrected chi connectivity index (χ4v) is 4.91. The fourth-order valence-electron chi connectivity index (χ4n) is 4.91. The number of fused-ring (bicyclic) bond motifs is 1. The Morgan fingerprint density at radius 1 is 1.05 bits per heavy atom. The summed E-state index contributed by atoms with van der Waals surface area (Å²) in [4.78, 5) is 31.4. The number of carbonyl (C=O) groups excluding carboxylic acids is 2. The second kappa shape index (κ2) is 11.9. The molecule has 1 amide bonds. The zero-order valence-corrected chi connectivity index (χ0v) is 21.5. The number of nitrogens with zero attached hydrogens (tertiary/aromatic N) is 2. The van der Waals surface area contributed by atoms with E-state index >= 15 is 0 Å². The van der Waals surface area contributed by atoms with E-state index in [-0.39, 0.29) is 11.8 Å². The number of amides is 1. The van der Waals surface area contributed by atoms with Crippen LogP contribution in [0.5, 0.6) is 5.75 Å². The van der Waals surface area contributed by atoms with Gasteiger partial charge in [0.25, 0.3) is 0 Å². The number of anilines is 1. The van der Waals surface area contributed by atoms with Crippen molar-refractivity contribution in [2.45, 2.75) is 38.6 Å². The molecule has 0 saturated heterocycles. The van der Waals surface area contributed by atoms with Crippen LogP contribution in [0.4, 0.5) is 11.4 Å². The highest BCUT2D eigenvalue weighted by atomic mass is 16.5. The van der Waals surface area contributed by atoms with Gasteiger partial charge in [0.05, 0.1) is 15.0 Å². The molecule has 3 aromatic carbocycles. The molecule has 1 heterocycles. The van der Waals surface area contributed by atoms with Crippen LogP contribution >= 0.6 is 0 Å². The number of methoxy groups -OCH3 is 1. The molecule has 1 aliphatic heterocycles. The molecule has 0 N–H and O–H groups in total. The number of aliphatic imine (C=N–C) groups is 1. The molecular formula is C32H32N2O4. The summed E-state index contributed by atoms with van der Waals surface area (Å²) in [6.45, 7) is -0.463. The van der Waals surface area contributed by atoms with Gasteiger partial charge in [0.2, 0.25) is 5.91 Å². The average molecular weight is 510 g/mol. The van der Waals surface area contributed by atoms with E-state index in [1.54, 1.807) is 17.2 Å². The normalized spacial score (nSPS) is 16.3. The number of hydrogen-bond donors (Lipinski definition) is 0. The van der Waals surface area contributed by atoms with Crippen LogP contribution in [0.2, 0.25) is 0 Å². The van der Waals surface area contributed by atoms with Gasteiger partial charge in [0.1, 0.15) is 18.0 Å². The van der Waals surface area contributed by atoms with E-state index in [1.165, 1.54) is 13.2 Å². The molecule has 5 rings (SSSR count). The topological polar surface area (TPSA) is 68.2 Å². The van der Waals surface area contributed by atoms with Gasteiger partial charge in [-0.1, -0.05) is 61.7 Å². The Morgan fingerprint density at radius 3 is 2.63 bits per heavy atom. The maximum absolute atomic E-state index is 13.9. The molecular weight excluding hydrogens is 476 g/mol. The molecule has 1 unspecified atom stereocenters. The third-order valence-electron chi connectivity index (χ3n) is 6.98. The van der Waals surface area contributed by atoms with Crippen molar-refractivity contribution in [3.63, 3.8) is 0 Å². The molecule has 1 saturated carbocycles. The quantitative estimate of drug-likeness (QED) is 0.261. The minimum atomic E-state index is -0.922. The van der Waals surface area contributed by atoms with Crippen molar-refractivity contribution in [2.75, 3.05) is 18.6 Å². The number of esters is 1. The molecule has 6 nitrogen and oxygen atoms in total. The Hall–Kier alpha value is -4.19. The van der Waals surface area contributed by atoms with Crippen LogP contribution in [-0.4, -0.2) is 31.8 Å². The zero-order chi connectivity index (χ0) is 27.2. The highest BCUT2D eigenvalue weighted by molar-refractivity contribution is 5.95. The van der Waals surface area contributed by atoms with E-state index in [0.717, 1.165) is 65.8 Å². The Morgan fingerprint density at radius 2 is 1.84 bits per heavy atom. The monoisotopic (exact) mass is 509 g/mol. The first-order valence-electron chi connectivity index (χ1n) is 13.6. The van der Waals surface area contributed by atoms with Gasteiger partial charge in [-0.25, -0.2) is 4.79 Å². The molecule has 0 spiro atoms. The summed E-state index contributed by atoms with van der Waals surface area (Å²) in [5, 5.41) is 0. The third kappa shape index (κ3) is 6.02. The lowest BCUT2D eigenvalue weighted by Crippen LogP contribution is -2.36. The average Bonchev–Trinajstić information content (AvgIpc) is 3.00. The molecule has 2 aliphatic rings. The van der Waals surface area contributed by atoms with Crippen molar-refractivity contribution in [1.29, 1.82) is 0 Å².